The van der Waals surface area contributed by atoms with Gasteiger partial charge in [-0.1, -0.05) is 0 Å². The lowest BCUT2D eigenvalue weighted by atomic mass is 9.78. The van der Waals surface area contributed by atoms with Gasteiger partial charge >= 0.3 is 39.2 Å². The lowest BCUT2D eigenvalue weighted by Crippen LogP contribution is -2.45. The van der Waals surface area contributed by atoms with Gasteiger partial charge in [0, 0.05) is 11.8 Å². The maximum absolute atomic E-state index is 13.6. The maximum atomic E-state index is 13.6. The van der Waals surface area contributed by atoms with Crippen LogP contribution >= 0.6 is 0 Å². The molecule has 11 nitrogen and oxygen atoms in total. The van der Waals surface area contributed by atoms with Gasteiger partial charge in [0.05, 0.1) is 24.7 Å². The third-order valence-corrected chi connectivity index (χ3v) is 11.7. The summed E-state index contributed by atoms with van der Waals surface area (Å²) in [5, 5.41) is -4.73. The van der Waals surface area contributed by atoms with Gasteiger partial charge in [-0.05, 0) is 76.0 Å². The average Bonchev–Trinajstić information content (AvgIpc) is 3.68. The normalized spacial score (nSPS) is 42.6. The minimum atomic E-state index is -5.82. The number of fused-ring (bicyclic) bond motifs is 6. The molecule has 5 aliphatic carbocycles. The number of halogens is 2. The second-order valence-corrected chi connectivity index (χ2v) is 14.6. The summed E-state index contributed by atoms with van der Waals surface area (Å²) in [4.78, 5) is 50.8. The Hall–Kier alpha value is -2.35. The van der Waals surface area contributed by atoms with Crippen LogP contribution in [-0.4, -0.2) is 66.0 Å². The second kappa shape index (κ2) is 9.58. The minimum absolute atomic E-state index is 0.303. The molecular weight excluding hydrogens is 570 g/mol. The van der Waals surface area contributed by atoms with Gasteiger partial charge in [0.1, 0.15) is 17.8 Å². The summed E-state index contributed by atoms with van der Waals surface area (Å²) in [5.74, 6) is -2.95. The molecule has 1 N–H and O–H groups in total. The largest absolute Gasteiger partial charge is 0.459 e. The lowest BCUT2D eigenvalue weighted by molar-refractivity contribution is -0.174. The zero-order valence-electron chi connectivity index (χ0n) is 22.7. The monoisotopic (exact) mass is 604 g/mol. The van der Waals surface area contributed by atoms with Gasteiger partial charge in [-0.3, -0.25) is 23.7 Å². The van der Waals surface area contributed by atoms with Crippen LogP contribution in [-0.2, 0) is 48.2 Å². The van der Waals surface area contributed by atoms with E-state index in [9.17, 15) is 36.4 Å². The van der Waals surface area contributed by atoms with E-state index in [4.69, 9.17) is 18.8 Å². The summed E-state index contributed by atoms with van der Waals surface area (Å²) in [7, 11) is -5.82. The number of ether oxygens (including phenoxy) is 4. The highest BCUT2D eigenvalue weighted by Gasteiger charge is 2.70. The molecule has 11 atom stereocenters. The zero-order chi connectivity index (χ0) is 29.6. The van der Waals surface area contributed by atoms with E-state index in [0.29, 0.717) is 37.0 Å². The van der Waals surface area contributed by atoms with Crippen LogP contribution in [0.4, 0.5) is 8.78 Å². The topological polar surface area (TPSA) is 160 Å². The summed E-state index contributed by atoms with van der Waals surface area (Å²) in [6.45, 7) is 2.56. The molecule has 0 radical (unpaired) electrons. The fourth-order valence-corrected chi connectivity index (χ4v) is 9.53. The number of carbonyl (C=O) groups excluding carboxylic acids is 4. The van der Waals surface area contributed by atoms with Crippen molar-refractivity contribution in [2.75, 3.05) is 0 Å². The number of hydrogen-bond donors (Lipinski definition) is 1. The summed E-state index contributed by atoms with van der Waals surface area (Å²) >= 11 is 0. The second-order valence-electron chi connectivity index (χ2n) is 13.1. The quantitative estimate of drug-likeness (QED) is 0.234. The van der Waals surface area contributed by atoms with E-state index in [0.717, 1.165) is 12.8 Å². The van der Waals surface area contributed by atoms with Crippen LogP contribution in [0.2, 0.25) is 0 Å². The van der Waals surface area contributed by atoms with E-state index in [-0.39, 0.29) is 5.92 Å². The highest BCUT2D eigenvalue weighted by Crippen LogP contribution is 2.63. The number of rotatable bonds is 9. The predicted molar refractivity (Wildman–Crippen MR) is 131 cm³/mol. The number of carbonyl (C=O) groups is 4. The molecule has 0 aromatic rings. The molecular formula is C27H34F2O11S. The van der Waals surface area contributed by atoms with Crippen molar-refractivity contribution in [2.24, 2.45) is 47.3 Å². The van der Waals surface area contributed by atoms with Crippen molar-refractivity contribution in [1.29, 1.82) is 0 Å². The number of alkyl halides is 2. The molecule has 14 heteroatoms. The van der Waals surface area contributed by atoms with Crippen molar-refractivity contribution in [3.05, 3.63) is 0 Å². The molecule has 0 aromatic heterocycles. The van der Waals surface area contributed by atoms with Crippen molar-refractivity contribution in [3.8, 4) is 0 Å². The Morgan fingerprint density at radius 3 is 2.27 bits per heavy atom. The van der Waals surface area contributed by atoms with Crippen molar-refractivity contribution >= 4 is 34.0 Å². The van der Waals surface area contributed by atoms with Crippen LogP contribution in [0.1, 0.15) is 65.2 Å². The van der Waals surface area contributed by atoms with E-state index >= 15 is 0 Å². The molecule has 6 fully saturated rings. The molecule has 1 aliphatic heterocycles. The van der Waals surface area contributed by atoms with Gasteiger partial charge in [0.25, 0.3) is 0 Å². The summed E-state index contributed by atoms with van der Waals surface area (Å²) in [5.41, 5.74) is -0.604. The molecule has 11 unspecified atom stereocenters. The summed E-state index contributed by atoms with van der Waals surface area (Å²) in [6, 6.07) is 0. The fourth-order valence-electron chi connectivity index (χ4n) is 9.06. The molecule has 0 amide bonds. The lowest BCUT2D eigenvalue weighted by Gasteiger charge is -2.33. The molecule has 6 rings (SSSR count). The molecule has 1 saturated heterocycles. The fraction of sp³-hybridized carbons (Fsp3) is 0.852. The van der Waals surface area contributed by atoms with Crippen LogP contribution in [0.25, 0.3) is 0 Å². The van der Waals surface area contributed by atoms with E-state index in [2.05, 4.69) is 4.74 Å². The maximum Gasteiger partial charge on any atom is 0.405 e. The SMILES string of the molecule is CC(OC(=O)CCC(=O)OC1C2CC3C1OC(=O)C3C2C(=O)OC1(C)CC2C3CCC(C3)C2C1)C(F)(F)S(=O)(=O)O. The van der Waals surface area contributed by atoms with Crippen LogP contribution in [0.15, 0.2) is 0 Å². The number of esters is 4. The first-order chi connectivity index (χ1) is 19.1. The summed E-state index contributed by atoms with van der Waals surface area (Å²) in [6.07, 6.45) is 0.379. The Morgan fingerprint density at radius 1 is 1.05 bits per heavy atom. The minimum Gasteiger partial charge on any atom is -0.459 e. The Kier molecular flexibility index (Phi) is 6.72. The van der Waals surface area contributed by atoms with E-state index in [1.165, 1.54) is 19.3 Å². The third kappa shape index (κ3) is 4.63. The molecule has 0 spiro atoms. The van der Waals surface area contributed by atoms with Gasteiger partial charge in [-0.15, -0.1) is 0 Å². The molecule has 6 aliphatic rings. The molecule has 0 aromatic carbocycles. The Balaban J connectivity index is 1.06. The van der Waals surface area contributed by atoms with Gasteiger partial charge in [-0.2, -0.15) is 17.2 Å². The molecule has 41 heavy (non-hydrogen) atoms. The smallest absolute Gasteiger partial charge is 0.405 e. The standard InChI is InChI=1S/C27H34F2O11S/c1-11(27(28,29)41(34,35)36)37-18(30)5-6-19(31)38-22-15-8-14-20(24(32)39-23(14)22)21(15)25(33)40-26(2)9-16-12-3-4-13(7-12)17(16)10-26/h11-17,20-23H,3-10H2,1-2H3,(H,34,35,36). The van der Waals surface area contributed by atoms with Crippen LogP contribution in [0, 0.1) is 47.3 Å². The van der Waals surface area contributed by atoms with Gasteiger partial charge < -0.3 is 18.9 Å². The Bertz CT molecular complexity index is 1250. The van der Waals surface area contributed by atoms with Gasteiger partial charge in [0.15, 0.2) is 6.10 Å². The Morgan fingerprint density at radius 2 is 1.66 bits per heavy atom. The van der Waals surface area contributed by atoms with Crippen molar-refractivity contribution < 1.29 is 59.9 Å². The van der Waals surface area contributed by atoms with E-state index in [1.807, 2.05) is 6.92 Å². The first-order valence-electron chi connectivity index (χ1n) is 14.3. The van der Waals surface area contributed by atoms with E-state index in [1.54, 1.807) is 0 Å². The number of hydrogen-bond acceptors (Lipinski definition) is 10. The molecule has 4 bridgehead atoms. The van der Waals surface area contributed by atoms with E-state index < -0.39 is 93.8 Å². The first-order valence-corrected chi connectivity index (χ1v) is 15.7. The highest BCUT2D eigenvalue weighted by atomic mass is 32.2. The van der Waals surface area contributed by atoms with Crippen molar-refractivity contribution in [3.63, 3.8) is 0 Å². The zero-order valence-corrected chi connectivity index (χ0v) is 23.5. The van der Waals surface area contributed by atoms with Gasteiger partial charge in [0.2, 0.25) is 0 Å². The predicted octanol–water partition coefficient (Wildman–Crippen LogP) is 2.66. The molecule has 1 heterocycles. The first kappa shape index (κ1) is 28.8. The summed E-state index contributed by atoms with van der Waals surface area (Å²) < 4.78 is 79.1. The van der Waals surface area contributed by atoms with Crippen LogP contribution in [0.5, 0.6) is 0 Å². The molecule has 5 saturated carbocycles. The highest BCUT2D eigenvalue weighted by molar-refractivity contribution is 7.86. The average molecular weight is 605 g/mol. The molecule has 228 valence electrons. The van der Waals surface area contributed by atoms with Crippen molar-refractivity contribution in [1.82, 2.24) is 0 Å². The van der Waals surface area contributed by atoms with Gasteiger partial charge in [-0.25, -0.2) is 0 Å². The third-order valence-electron chi connectivity index (χ3n) is 10.7. The van der Waals surface area contributed by atoms with Crippen molar-refractivity contribution in [2.45, 2.75) is 94.4 Å². The Labute approximate surface area is 235 Å². The van der Waals surface area contributed by atoms with Crippen LogP contribution < -0.4 is 0 Å². The van der Waals surface area contributed by atoms with Crippen LogP contribution in [0.3, 0.4) is 0 Å².